The van der Waals surface area contributed by atoms with Crippen molar-refractivity contribution in [3.8, 4) is 0 Å². The molecule has 168 valence electrons. The highest BCUT2D eigenvalue weighted by Crippen LogP contribution is 2.34. The standard InChI is InChI=1S/C22H29F4NO3/c1-2-3-4-5-6-7-15-30-21(29)16-11-13-27(14-12-16)20(28)19-17(22(24,25)26)9-8-10-18(19)23/h8-10,16H,2-7,11-15H2,1H3. The van der Waals surface area contributed by atoms with Gasteiger partial charge in [-0.1, -0.05) is 45.1 Å². The first kappa shape index (κ1) is 24.2. The number of piperidine rings is 1. The number of unbranched alkanes of at least 4 members (excludes halogenated alkanes) is 5. The number of halogens is 4. The van der Waals surface area contributed by atoms with E-state index in [-0.39, 0.29) is 31.9 Å². The van der Waals surface area contributed by atoms with E-state index in [0.717, 1.165) is 31.4 Å². The molecule has 0 N–H and O–H groups in total. The predicted molar refractivity (Wildman–Crippen MR) is 104 cm³/mol. The zero-order valence-electron chi connectivity index (χ0n) is 17.3. The molecule has 1 aliphatic heterocycles. The molecule has 0 aliphatic carbocycles. The SMILES string of the molecule is CCCCCCCCOC(=O)C1CCN(C(=O)c2c(F)cccc2C(F)(F)F)CC1. The Hall–Kier alpha value is -2.12. The number of carbonyl (C=O) groups is 2. The van der Waals surface area contributed by atoms with Gasteiger partial charge < -0.3 is 9.64 Å². The summed E-state index contributed by atoms with van der Waals surface area (Å²) in [5.74, 6) is -2.93. The van der Waals surface area contributed by atoms with Crippen molar-refractivity contribution in [2.45, 2.75) is 64.5 Å². The summed E-state index contributed by atoms with van der Waals surface area (Å²) < 4.78 is 58.8. The van der Waals surface area contributed by atoms with Crippen molar-refractivity contribution in [3.05, 3.63) is 35.1 Å². The van der Waals surface area contributed by atoms with E-state index in [1.807, 2.05) is 0 Å². The van der Waals surface area contributed by atoms with Crippen LogP contribution in [-0.2, 0) is 15.7 Å². The maximum Gasteiger partial charge on any atom is 0.417 e. The van der Waals surface area contributed by atoms with E-state index >= 15 is 0 Å². The van der Waals surface area contributed by atoms with E-state index in [0.29, 0.717) is 12.7 Å². The number of carbonyl (C=O) groups excluding carboxylic acids is 2. The van der Waals surface area contributed by atoms with Crippen LogP contribution in [0.1, 0.15) is 74.2 Å². The number of ether oxygens (including phenoxy) is 1. The molecule has 1 heterocycles. The van der Waals surface area contributed by atoms with Crippen LogP contribution >= 0.6 is 0 Å². The summed E-state index contributed by atoms with van der Waals surface area (Å²) in [6, 6.07) is 2.47. The number of alkyl halides is 3. The van der Waals surface area contributed by atoms with Crippen molar-refractivity contribution in [3.63, 3.8) is 0 Å². The third-order valence-electron chi connectivity index (χ3n) is 5.39. The fraction of sp³-hybridized carbons (Fsp3) is 0.636. The fourth-order valence-corrected chi connectivity index (χ4v) is 3.63. The van der Waals surface area contributed by atoms with Gasteiger partial charge in [0.05, 0.1) is 23.7 Å². The van der Waals surface area contributed by atoms with Gasteiger partial charge in [0.15, 0.2) is 0 Å². The van der Waals surface area contributed by atoms with Gasteiger partial charge in [-0.05, 0) is 31.4 Å². The molecule has 0 radical (unpaired) electrons. The minimum atomic E-state index is -4.83. The van der Waals surface area contributed by atoms with E-state index in [2.05, 4.69) is 6.92 Å². The van der Waals surface area contributed by atoms with Gasteiger partial charge in [0, 0.05) is 13.1 Å². The summed E-state index contributed by atoms with van der Waals surface area (Å²) in [4.78, 5) is 25.9. The van der Waals surface area contributed by atoms with Crippen LogP contribution in [0.3, 0.4) is 0 Å². The molecule has 1 aliphatic rings. The van der Waals surface area contributed by atoms with Crippen LogP contribution in [0.5, 0.6) is 0 Å². The van der Waals surface area contributed by atoms with Crippen LogP contribution in [0.25, 0.3) is 0 Å². The van der Waals surface area contributed by atoms with Crippen LogP contribution in [0, 0.1) is 11.7 Å². The summed E-state index contributed by atoms with van der Waals surface area (Å²) in [5, 5.41) is 0. The summed E-state index contributed by atoms with van der Waals surface area (Å²) in [7, 11) is 0. The molecule has 30 heavy (non-hydrogen) atoms. The molecule has 1 amide bonds. The Balaban J connectivity index is 1.83. The molecule has 0 saturated carbocycles. The molecule has 0 atom stereocenters. The number of rotatable bonds is 9. The van der Waals surface area contributed by atoms with Crippen LogP contribution in [0.2, 0.25) is 0 Å². The maximum atomic E-state index is 14.0. The zero-order valence-corrected chi connectivity index (χ0v) is 17.3. The van der Waals surface area contributed by atoms with Crippen molar-refractivity contribution >= 4 is 11.9 Å². The predicted octanol–water partition coefficient (Wildman–Crippen LogP) is 5.60. The molecule has 0 aromatic heterocycles. The highest BCUT2D eigenvalue weighted by molar-refractivity contribution is 5.96. The second kappa shape index (κ2) is 11.3. The zero-order chi connectivity index (χ0) is 22.1. The highest BCUT2D eigenvalue weighted by atomic mass is 19.4. The largest absolute Gasteiger partial charge is 0.465 e. The van der Waals surface area contributed by atoms with Crippen LogP contribution in [-0.4, -0.2) is 36.5 Å². The first-order valence-electron chi connectivity index (χ1n) is 10.6. The number of nitrogens with zero attached hydrogens (tertiary/aromatic N) is 1. The monoisotopic (exact) mass is 431 g/mol. The second-order valence-corrected chi connectivity index (χ2v) is 7.66. The number of hydrogen-bond acceptors (Lipinski definition) is 3. The minimum Gasteiger partial charge on any atom is -0.465 e. The fourth-order valence-electron chi connectivity index (χ4n) is 3.63. The lowest BCUT2D eigenvalue weighted by Crippen LogP contribution is -2.41. The molecule has 1 aromatic rings. The molecular formula is C22H29F4NO3. The lowest BCUT2D eigenvalue weighted by atomic mass is 9.95. The molecule has 1 aromatic carbocycles. The van der Waals surface area contributed by atoms with Crippen LogP contribution in [0.15, 0.2) is 18.2 Å². The molecule has 8 heteroatoms. The second-order valence-electron chi connectivity index (χ2n) is 7.66. The van der Waals surface area contributed by atoms with Crippen molar-refractivity contribution < 1.29 is 31.9 Å². The van der Waals surface area contributed by atoms with Gasteiger partial charge in [0.1, 0.15) is 5.82 Å². The number of esters is 1. The Kier molecular flexibility index (Phi) is 9.11. The van der Waals surface area contributed by atoms with E-state index in [1.54, 1.807) is 0 Å². The Morgan fingerprint density at radius 3 is 2.33 bits per heavy atom. The van der Waals surface area contributed by atoms with Crippen LogP contribution < -0.4 is 0 Å². The molecular weight excluding hydrogens is 402 g/mol. The van der Waals surface area contributed by atoms with Crippen molar-refractivity contribution in [1.29, 1.82) is 0 Å². The van der Waals surface area contributed by atoms with Gasteiger partial charge in [0.25, 0.3) is 5.91 Å². The summed E-state index contributed by atoms with van der Waals surface area (Å²) in [6.07, 6.45) is 2.22. The van der Waals surface area contributed by atoms with Crippen molar-refractivity contribution in [2.75, 3.05) is 19.7 Å². The highest BCUT2D eigenvalue weighted by Gasteiger charge is 2.39. The Labute approximate surface area is 174 Å². The van der Waals surface area contributed by atoms with E-state index in [4.69, 9.17) is 4.74 Å². The molecule has 0 bridgehead atoms. The number of likely N-dealkylation sites (tertiary alicyclic amines) is 1. The molecule has 4 nitrogen and oxygen atoms in total. The van der Waals surface area contributed by atoms with Gasteiger partial charge in [0.2, 0.25) is 0 Å². The molecule has 0 unspecified atom stereocenters. The summed E-state index contributed by atoms with van der Waals surface area (Å²) in [6.45, 7) is 2.67. The van der Waals surface area contributed by atoms with E-state index in [1.165, 1.54) is 24.2 Å². The van der Waals surface area contributed by atoms with E-state index in [9.17, 15) is 27.2 Å². The van der Waals surface area contributed by atoms with Gasteiger partial charge in [-0.25, -0.2) is 4.39 Å². The van der Waals surface area contributed by atoms with E-state index < -0.39 is 34.9 Å². The molecule has 1 fully saturated rings. The molecule has 1 saturated heterocycles. The van der Waals surface area contributed by atoms with Crippen LogP contribution in [0.4, 0.5) is 17.6 Å². The van der Waals surface area contributed by atoms with Gasteiger partial charge in [-0.15, -0.1) is 0 Å². The summed E-state index contributed by atoms with van der Waals surface area (Å²) >= 11 is 0. The Morgan fingerprint density at radius 1 is 1.07 bits per heavy atom. The molecule has 2 rings (SSSR count). The normalized spacial score (nSPS) is 15.3. The van der Waals surface area contributed by atoms with Gasteiger partial charge in [-0.2, -0.15) is 13.2 Å². The van der Waals surface area contributed by atoms with Crippen molar-refractivity contribution in [1.82, 2.24) is 4.90 Å². The average molecular weight is 431 g/mol. The number of benzene rings is 1. The summed E-state index contributed by atoms with van der Waals surface area (Å²) in [5.41, 5.74) is -2.25. The van der Waals surface area contributed by atoms with Gasteiger partial charge in [-0.3, -0.25) is 9.59 Å². The molecule has 0 spiro atoms. The van der Waals surface area contributed by atoms with Crippen molar-refractivity contribution in [2.24, 2.45) is 5.92 Å². The van der Waals surface area contributed by atoms with Gasteiger partial charge >= 0.3 is 12.1 Å². The first-order chi connectivity index (χ1) is 14.3. The number of hydrogen-bond donors (Lipinski definition) is 0. The minimum absolute atomic E-state index is 0.0846. The Bertz CT molecular complexity index is 713. The smallest absolute Gasteiger partial charge is 0.417 e. The Morgan fingerprint density at radius 2 is 1.70 bits per heavy atom. The number of amides is 1. The first-order valence-corrected chi connectivity index (χ1v) is 10.6. The topological polar surface area (TPSA) is 46.6 Å². The lowest BCUT2D eigenvalue weighted by Gasteiger charge is -2.31. The average Bonchev–Trinajstić information content (AvgIpc) is 2.71. The third kappa shape index (κ3) is 6.71. The maximum absolute atomic E-state index is 14.0. The quantitative estimate of drug-likeness (QED) is 0.290. The lowest BCUT2D eigenvalue weighted by molar-refractivity contribution is -0.150. The third-order valence-corrected chi connectivity index (χ3v) is 5.39.